The van der Waals surface area contributed by atoms with Crippen LogP contribution in [0.4, 0.5) is 0 Å². The molecule has 2 bridgehead atoms. The Morgan fingerprint density at radius 1 is 1.25 bits per heavy atom. The van der Waals surface area contributed by atoms with Crippen molar-refractivity contribution in [2.24, 2.45) is 5.41 Å². The molecular formula is C13H24N2O. The van der Waals surface area contributed by atoms with E-state index in [1.54, 1.807) is 0 Å². The van der Waals surface area contributed by atoms with E-state index in [0.717, 1.165) is 18.6 Å². The van der Waals surface area contributed by atoms with E-state index in [1.807, 2.05) is 0 Å². The van der Waals surface area contributed by atoms with Crippen LogP contribution in [0.15, 0.2) is 0 Å². The molecule has 0 amide bonds. The highest BCUT2D eigenvalue weighted by atomic mass is 16.3. The van der Waals surface area contributed by atoms with E-state index < -0.39 is 0 Å². The summed E-state index contributed by atoms with van der Waals surface area (Å²) in [7, 11) is 2.29. The van der Waals surface area contributed by atoms with Crippen LogP contribution in [-0.2, 0) is 0 Å². The third-order valence-corrected chi connectivity index (χ3v) is 5.16. The van der Waals surface area contributed by atoms with Crippen molar-refractivity contribution in [1.29, 1.82) is 0 Å². The number of aliphatic hydroxyl groups is 1. The summed E-state index contributed by atoms with van der Waals surface area (Å²) in [6.07, 6.45) is 7.85. The van der Waals surface area contributed by atoms with Gasteiger partial charge in [0.2, 0.25) is 0 Å². The maximum Gasteiger partial charge on any atom is 0.0499 e. The molecule has 0 aromatic carbocycles. The van der Waals surface area contributed by atoms with E-state index in [-0.39, 0.29) is 5.41 Å². The molecule has 2 heterocycles. The van der Waals surface area contributed by atoms with Crippen molar-refractivity contribution in [3.8, 4) is 0 Å². The van der Waals surface area contributed by atoms with Gasteiger partial charge in [-0.2, -0.15) is 0 Å². The maximum absolute atomic E-state index is 9.30. The summed E-state index contributed by atoms with van der Waals surface area (Å²) in [6.45, 7) is 1.41. The quantitative estimate of drug-likeness (QED) is 0.747. The molecule has 16 heavy (non-hydrogen) atoms. The number of piperidine rings is 1. The molecule has 2 unspecified atom stereocenters. The molecule has 3 rings (SSSR count). The van der Waals surface area contributed by atoms with E-state index in [0.29, 0.717) is 12.6 Å². The Labute approximate surface area is 98.2 Å². The van der Waals surface area contributed by atoms with Crippen LogP contribution < -0.4 is 5.32 Å². The molecule has 0 aromatic rings. The van der Waals surface area contributed by atoms with Gasteiger partial charge in [0, 0.05) is 36.7 Å². The highest BCUT2D eigenvalue weighted by molar-refractivity contribution is 4.99. The maximum atomic E-state index is 9.30. The predicted octanol–water partition coefficient (Wildman–Crippen LogP) is 0.974. The van der Waals surface area contributed by atoms with Crippen LogP contribution in [0.5, 0.6) is 0 Å². The molecule has 3 fully saturated rings. The predicted molar refractivity (Wildman–Crippen MR) is 64.4 cm³/mol. The highest BCUT2D eigenvalue weighted by Crippen LogP contribution is 2.44. The van der Waals surface area contributed by atoms with Crippen molar-refractivity contribution in [3.63, 3.8) is 0 Å². The summed E-state index contributed by atoms with van der Waals surface area (Å²) in [4.78, 5) is 2.58. The Hall–Kier alpha value is -0.120. The van der Waals surface area contributed by atoms with Gasteiger partial charge in [-0.3, -0.25) is 0 Å². The number of nitrogens with zero attached hydrogens (tertiary/aromatic N) is 1. The van der Waals surface area contributed by atoms with Crippen LogP contribution in [0.3, 0.4) is 0 Å². The molecule has 1 saturated carbocycles. The Morgan fingerprint density at radius 2 is 1.88 bits per heavy atom. The lowest BCUT2D eigenvalue weighted by molar-refractivity contribution is 0.139. The zero-order valence-electron chi connectivity index (χ0n) is 10.3. The minimum atomic E-state index is 0.266. The zero-order valence-corrected chi connectivity index (χ0v) is 10.3. The molecule has 3 aliphatic rings. The monoisotopic (exact) mass is 224 g/mol. The number of hydrogen-bond donors (Lipinski definition) is 2. The van der Waals surface area contributed by atoms with Gasteiger partial charge in [-0.15, -0.1) is 0 Å². The lowest BCUT2D eigenvalue weighted by Crippen LogP contribution is -2.48. The summed E-state index contributed by atoms with van der Waals surface area (Å²) in [5.74, 6) is 0. The fourth-order valence-corrected chi connectivity index (χ4v) is 3.51. The van der Waals surface area contributed by atoms with Gasteiger partial charge >= 0.3 is 0 Å². The van der Waals surface area contributed by atoms with Crippen molar-refractivity contribution in [1.82, 2.24) is 10.2 Å². The van der Waals surface area contributed by atoms with Gasteiger partial charge in [0.1, 0.15) is 0 Å². The number of nitrogens with one attached hydrogen (secondary N) is 1. The van der Waals surface area contributed by atoms with E-state index in [2.05, 4.69) is 17.3 Å². The number of fused-ring (bicyclic) bond motifs is 2. The third kappa shape index (κ3) is 1.89. The molecule has 2 saturated heterocycles. The number of aliphatic hydroxyl groups excluding tert-OH is 1. The summed E-state index contributed by atoms with van der Waals surface area (Å²) < 4.78 is 0. The van der Waals surface area contributed by atoms with Gasteiger partial charge < -0.3 is 15.3 Å². The number of hydrogen-bond acceptors (Lipinski definition) is 3. The van der Waals surface area contributed by atoms with Crippen molar-refractivity contribution in [3.05, 3.63) is 0 Å². The molecular weight excluding hydrogens is 200 g/mol. The number of rotatable bonds is 4. The zero-order chi connectivity index (χ0) is 11.2. The lowest BCUT2D eigenvalue weighted by Gasteiger charge is -2.37. The van der Waals surface area contributed by atoms with Crippen molar-refractivity contribution in [2.75, 3.05) is 20.2 Å². The van der Waals surface area contributed by atoms with E-state index in [4.69, 9.17) is 0 Å². The van der Waals surface area contributed by atoms with Gasteiger partial charge in [0.15, 0.2) is 0 Å². The SMILES string of the molecule is CN1C2CCC1CC(NCC1(CO)CC1)C2. The Bertz CT molecular complexity index is 251. The van der Waals surface area contributed by atoms with Crippen LogP contribution in [0.2, 0.25) is 0 Å². The second-order valence-electron chi connectivity index (χ2n) is 6.26. The first kappa shape index (κ1) is 11.0. The average Bonchev–Trinajstić information content (AvgIpc) is 3.05. The highest BCUT2D eigenvalue weighted by Gasteiger charge is 2.43. The Morgan fingerprint density at radius 3 is 2.38 bits per heavy atom. The molecule has 0 aromatic heterocycles. The van der Waals surface area contributed by atoms with Gasteiger partial charge in [-0.1, -0.05) is 0 Å². The topological polar surface area (TPSA) is 35.5 Å². The van der Waals surface area contributed by atoms with E-state index in [1.165, 1.54) is 38.5 Å². The fourth-order valence-electron chi connectivity index (χ4n) is 3.51. The van der Waals surface area contributed by atoms with Gasteiger partial charge in [0.25, 0.3) is 0 Å². The van der Waals surface area contributed by atoms with Crippen LogP contribution in [-0.4, -0.2) is 48.3 Å². The molecule has 0 radical (unpaired) electrons. The molecule has 92 valence electrons. The van der Waals surface area contributed by atoms with Gasteiger partial charge in [-0.05, 0) is 45.6 Å². The minimum absolute atomic E-state index is 0.266. The molecule has 2 N–H and O–H groups in total. The van der Waals surface area contributed by atoms with Crippen LogP contribution in [0.1, 0.15) is 38.5 Å². The van der Waals surface area contributed by atoms with Gasteiger partial charge in [-0.25, -0.2) is 0 Å². The Kier molecular flexibility index (Phi) is 2.73. The molecule has 0 spiro atoms. The third-order valence-electron chi connectivity index (χ3n) is 5.16. The second-order valence-corrected chi connectivity index (χ2v) is 6.26. The summed E-state index contributed by atoms with van der Waals surface area (Å²) >= 11 is 0. The largest absolute Gasteiger partial charge is 0.396 e. The second kappa shape index (κ2) is 3.97. The summed E-state index contributed by atoms with van der Waals surface area (Å²) in [6, 6.07) is 2.35. The molecule has 2 aliphatic heterocycles. The first-order valence-corrected chi connectivity index (χ1v) is 6.79. The van der Waals surface area contributed by atoms with Crippen molar-refractivity contribution in [2.45, 2.75) is 56.7 Å². The standard InChI is InChI=1S/C13H24N2O/c1-15-11-2-3-12(15)7-10(6-11)14-8-13(9-16)4-5-13/h10-12,14,16H,2-9H2,1H3. The summed E-state index contributed by atoms with van der Waals surface area (Å²) in [5, 5.41) is 13.0. The Balaban J connectivity index is 1.50. The fraction of sp³-hybridized carbons (Fsp3) is 1.00. The first-order chi connectivity index (χ1) is 7.72. The lowest BCUT2D eigenvalue weighted by atomic mass is 9.97. The molecule has 1 aliphatic carbocycles. The average molecular weight is 224 g/mol. The molecule has 3 heteroatoms. The minimum Gasteiger partial charge on any atom is -0.396 e. The van der Waals surface area contributed by atoms with E-state index in [9.17, 15) is 5.11 Å². The molecule has 3 nitrogen and oxygen atoms in total. The summed E-state index contributed by atoms with van der Waals surface area (Å²) in [5.41, 5.74) is 0.266. The molecule has 2 atom stereocenters. The normalized spacial score (nSPS) is 41.2. The van der Waals surface area contributed by atoms with Crippen molar-refractivity contribution < 1.29 is 5.11 Å². The van der Waals surface area contributed by atoms with Crippen LogP contribution >= 0.6 is 0 Å². The van der Waals surface area contributed by atoms with Crippen molar-refractivity contribution >= 4 is 0 Å². The van der Waals surface area contributed by atoms with E-state index >= 15 is 0 Å². The smallest absolute Gasteiger partial charge is 0.0499 e. The van der Waals surface area contributed by atoms with Gasteiger partial charge in [0.05, 0.1) is 0 Å². The van der Waals surface area contributed by atoms with Crippen LogP contribution in [0.25, 0.3) is 0 Å². The van der Waals surface area contributed by atoms with Crippen LogP contribution in [0, 0.1) is 5.41 Å². The first-order valence-electron chi connectivity index (χ1n) is 6.79.